The van der Waals surface area contributed by atoms with Crippen LogP contribution in [0.5, 0.6) is 0 Å². The van der Waals surface area contributed by atoms with Crippen LogP contribution >= 0.6 is 0 Å². The van der Waals surface area contributed by atoms with Gasteiger partial charge in [0.25, 0.3) is 5.91 Å². The number of para-hydroxylation sites is 1. The van der Waals surface area contributed by atoms with E-state index >= 15 is 0 Å². The molecule has 2 heterocycles. The van der Waals surface area contributed by atoms with Gasteiger partial charge < -0.3 is 15.1 Å². The Balaban J connectivity index is 1.35. The van der Waals surface area contributed by atoms with Gasteiger partial charge in [0.2, 0.25) is 0 Å². The van der Waals surface area contributed by atoms with Gasteiger partial charge in [-0.3, -0.25) is 9.78 Å². The highest BCUT2D eigenvalue weighted by Crippen LogP contribution is 2.17. The van der Waals surface area contributed by atoms with Gasteiger partial charge in [-0.05, 0) is 42.0 Å². The van der Waals surface area contributed by atoms with Gasteiger partial charge in [0.05, 0.1) is 0 Å². The Kier molecular flexibility index (Phi) is 5.70. The minimum atomic E-state index is -0.252. The van der Waals surface area contributed by atoms with E-state index in [1.165, 1.54) is 17.8 Å². The highest BCUT2D eigenvalue weighted by atomic mass is 19.1. The maximum absolute atomic E-state index is 13.0. The van der Waals surface area contributed by atoms with Crippen LogP contribution in [0.2, 0.25) is 0 Å². The van der Waals surface area contributed by atoms with Crippen LogP contribution in [0.1, 0.15) is 16.1 Å². The molecule has 0 atom stereocenters. The summed E-state index contributed by atoms with van der Waals surface area (Å²) in [4.78, 5) is 21.3. The Morgan fingerprint density at radius 2 is 1.69 bits per heavy atom. The van der Waals surface area contributed by atoms with E-state index in [1.54, 1.807) is 24.4 Å². The Morgan fingerprint density at radius 3 is 2.41 bits per heavy atom. The summed E-state index contributed by atoms with van der Waals surface area (Å²) < 4.78 is 13.0. The number of pyridine rings is 1. The van der Waals surface area contributed by atoms with E-state index in [-0.39, 0.29) is 11.7 Å². The number of hydrogen-bond acceptors (Lipinski definition) is 4. The second-order valence-corrected chi connectivity index (χ2v) is 7.02. The molecule has 0 aliphatic carbocycles. The number of benzene rings is 2. The number of piperazine rings is 1. The van der Waals surface area contributed by atoms with E-state index in [1.807, 2.05) is 29.2 Å². The zero-order chi connectivity index (χ0) is 20.1. The van der Waals surface area contributed by atoms with Crippen molar-refractivity contribution in [3.63, 3.8) is 0 Å². The summed E-state index contributed by atoms with van der Waals surface area (Å²) in [6.45, 7) is 3.50. The molecule has 1 fully saturated rings. The van der Waals surface area contributed by atoms with E-state index in [0.29, 0.717) is 25.3 Å². The molecular weight excluding hydrogens is 367 g/mol. The number of aromatic nitrogens is 1. The SMILES string of the molecule is O=C(c1cc(NCc2ccc(F)cc2)ccn1)N1CCN(c2ccccc2)CC1. The minimum absolute atomic E-state index is 0.0526. The van der Waals surface area contributed by atoms with Gasteiger partial charge in [-0.2, -0.15) is 0 Å². The molecule has 0 bridgehead atoms. The molecule has 148 valence electrons. The average molecular weight is 390 g/mol. The third-order valence-corrected chi connectivity index (χ3v) is 5.08. The lowest BCUT2D eigenvalue weighted by Crippen LogP contribution is -2.49. The monoisotopic (exact) mass is 390 g/mol. The number of rotatable bonds is 5. The number of anilines is 2. The fourth-order valence-corrected chi connectivity index (χ4v) is 3.43. The molecule has 4 rings (SSSR count). The second kappa shape index (κ2) is 8.73. The summed E-state index contributed by atoms with van der Waals surface area (Å²) in [5.41, 5.74) is 3.40. The standard InChI is InChI=1S/C23H23FN4O/c24-19-8-6-18(7-9-19)17-26-20-10-11-25-22(16-20)23(29)28-14-12-27(13-15-28)21-4-2-1-3-5-21/h1-11,16H,12-15,17H2,(H,25,26). The first-order valence-corrected chi connectivity index (χ1v) is 9.73. The van der Waals surface area contributed by atoms with Crippen LogP contribution in [-0.4, -0.2) is 42.0 Å². The minimum Gasteiger partial charge on any atom is -0.381 e. The molecule has 0 saturated carbocycles. The largest absolute Gasteiger partial charge is 0.381 e. The van der Waals surface area contributed by atoms with Crippen LogP contribution in [0.4, 0.5) is 15.8 Å². The molecule has 29 heavy (non-hydrogen) atoms. The molecule has 2 aromatic carbocycles. The van der Waals surface area contributed by atoms with Gasteiger partial charge in [0.1, 0.15) is 11.5 Å². The molecule has 1 aliphatic rings. The summed E-state index contributed by atoms with van der Waals surface area (Å²) in [5.74, 6) is -0.305. The van der Waals surface area contributed by atoms with Crippen LogP contribution in [0.25, 0.3) is 0 Å². The van der Waals surface area contributed by atoms with E-state index in [0.717, 1.165) is 24.3 Å². The Hall–Kier alpha value is -3.41. The van der Waals surface area contributed by atoms with Crippen molar-refractivity contribution in [2.75, 3.05) is 36.4 Å². The van der Waals surface area contributed by atoms with Crippen LogP contribution in [-0.2, 0) is 6.54 Å². The predicted octanol–water partition coefficient (Wildman–Crippen LogP) is 3.80. The predicted molar refractivity (Wildman–Crippen MR) is 113 cm³/mol. The van der Waals surface area contributed by atoms with Crippen molar-refractivity contribution in [1.82, 2.24) is 9.88 Å². The van der Waals surface area contributed by atoms with Crippen molar-refractivity contribution >= 4 is 17.3 Å². The molecule has 3 aromatic rings. The highest BCUT2D eigenvalue weighted by Gasteiger charge is 2.23. The normalized spacial score (nSPS) is 14.0. The number of nitrogens with zero attached hydrogens (tertiary/aromatic N) is 3. The third kappa shape index (κ3) is 4.71. The van der Waals surface area contributed by atoms with Crippen LogP contribution in [0.3, 0.4) is 0 Å². The molecule has 1 N–H and O–H groups in total. The van der Waals surface area contributed by atoms with Crippen LogP contribution in [0, 0.1) is 5.82 Å². The lowest BCUT2D eigenvalue weighted by atomic mass is 10.2. The average Bonchev–Trinajstić information content (AvgIpc) is 2.79. The molecule has 0 radical (unpaired) electrons. The van der Waals surface area contributed by atoms with Crippen molar-refractivity contribution in [1.29, 1.82) is 0 Å². The Bertz CT molecular complexity index is 954. The van der Waals surface area contributed by atoms with Crippen LogP contribution < -0.4 is 10.2 Å². The molecule has 1 amide bonds. The van der Waals surface area contributed by atoms with Gasteiger partial charge in [-0.25, -0.2) is 4.39 Å². The Labute approximate surface area is 169 Å². The fraction of sp³-hybridized carbons (Fsp3) is 0.217. The first-order valence-electron chi connectivity index (χ1n) is 9.73. The van der Waals surface area contributed by atoms with Gasteiger partial charge in [0, 0.05) is 50.3 Å². The van der Waals surface area contributed by atoms with Gasteiger partial charge in [0.15, 0.2) is 0 Å². The summed E-state index contributed by atoms with van der Waals surface area (Å²) in [6, 6.07) is 20.2. The summed E-state index contributed by atoms with van der Waals surface area (Å²) >= 11 is 0. The molecule has 1 saturated heterocycles. The summed E-state index contributed by atoms with van der Waals surface area (Å²) in [7, 11) is 0. The second-order valence-electron chi connectivity index (χ2n) is 7.02. The number of carbonyl (C=O) groups excluding carboxylic acids is 1. The molecule has 0 unspecified atom stereocenters. The quantitative estimate of drug-likeness (QED) is 0.720. The van der Waals surface area contributed by atoms with Gasteiger partial charge in [-0.1, -0.05) is 30.3 Å². The van der Waals surface area contributed by atoms with Crippen molar-refractivity contribution in [3.8, 4) is 0 Å². The summed E-state index contributed by atoms with van der Waals surface area (Å²) in [5, 5.41) is 3.27. The number of hydrogen-bond donors (Lipinski definition) is 1. The molecule has 0 spiro atoms. The molecule has 1 aliphatic heterocycles. The summed E-state index contributed by atoms with van der Waals surface area (Å²) in [6.07, 6.45) is 1.64. The number of nitrogens with one attached hydrogen (secondary N) is 1. The molecule has 6 heteroatoms. The zero-order valence-corrected chi connectivity index (χ0v) is 16.1. The lowest BCUT2D eigenvalue weighted by molar-refractivity contribution is 0.0741. The Morgan fingerprint density at radius 1 is 0.966 bits per heavy atom. The highest BCUT2D eigenvalue weighted by molar-refractivity contribution is 5.93. The zero-order valence-electron chi connectivity index (χ0n) is 16.1. The molecule has 5 nitrogen and oxygen atoms in total. The van der Waals surface area contributed by atoms with Crippen molar-refractivity contribution in [2.45, 2.75) is 6.54 Å². The maximum Gasteiger partial charge on any atom is 0.272 e. The maximum atomic E-state index is 13.0. The van der Waals surface area contributed by atoms with Crippen molar-refractivity contribution < 1.29 is 9.18 Å². The third-order valence-electron chi connectivity index (χ3n) is 5.08. The topological polar surface area (TPSA) is 48.5 Å². The van der Waals surface area contributed by atoms with Gasteiger partial charge >= 0.3 is 0 Å². The van der Waals surface area contributed by atoms with Crippen molar-refractivity contribution in [3.05, 3.63) is 90.0 Å². The molecule has 1 aromatic heterocycles. The fourth-order valence-electron chi connectivity index (χ4n) is 3.43. The van der Waals surface area contributed by atoms with E-state index in [9.17, 15) is 9.18 Å². The van der Waals surface area contributed by atoms with Gasteiger partial charge in [-0.15, -0.1) is 0 Å². The first-order chi connectivity index (χ1) is 14.2. The lowest BCUT2D eigenvalue weighted by Gasteiger charge is -2.36. The smallest absolute Gasteiger partial charge is 0.272 e. The number of halogens is 1. The van der Waals surface area contributed by atoms with Crippen molar-refractivity contribution in [2.24, 2.45) is 0 Å². The van der Waals surface area contributed by atoms with E-state index in [2.05, 4.69) is 27.3 Å². The van der Waals surface area contributed by atoms with E-state index < -0.39 is 0 Å². The van der Waals surface area contributed by atoms with E-state index in [4.69, 9.17) is 0 Å². The van der Waals surface area contributed by atoms with Crippen LogP contribution in [0.15, 0.2) is 72.9 Å². The molecular formula is C23H23FN4O. The number of carbonyl (C=O) groups is 1. The first kappa shape index (κ1) is 18.9. The number of amides is 1.